The fraction of sp³-hybridized carbons (Fsp3) is 0.450. The lowest BCUT2D eigenvalue weighted by atomic mass is 9.98. The van der Waals surface area contributed by atoms with E-state index in [1.165, 1.54) is 0 Å². The molecule has 0 saturated carbocycles. The zero-order chi connectivity index (χ0) is 17.6. The van der Waals surface area contributed by atoms with Gasteiger partial charge in [-0.2, -0.15) is 0 Å². The Labute approximate surface area is 148 Å². The molecule has 1 fully saturated rings. The van der Waals surface area contributed by atoms with Gasteiger partial charge in [-0.15, -0.1) is 0 Å². The first kappa shape index (κ1) is 17.7. The lowest BCUT2D eigenvalue weighted by molar-refractivity contribution is -0.145. The molecule has 2 aromatic rings. The van der Waals surface area contributed by atoms with E-state index in [0.29, 0.717) is 6.61 Å². The van der Waals surface area contributed by atoms with Gasteiger partial charge in [0.25, 0.3) is 0 Å². The molecule has 3 rings (SSSR count). The van der Waals surface area contributed by atoms with Crippen LogP contribution in [0.4, 0.5) is 0 Å². The molecule has 1 saturated heterocycles. The molecule has 5 heteroatoms. The van der Waals surface area contributed by atoms with Crippen LogP contribution in [0.25, 0.3) is 10.8 Å². The molecule has 1 aliphatic heterocycles. The molecule has 0 bridgehead atoms. The molecule has 1 heterocycles. The van der Waals surface area contributed by atoms with Gasteiger partial charge in [-0.3, -0.25) is 9.69 Å². The minimum Gasteiger partial charge on any atom is -0.497 e. The maximum absolute atomic E-state index is 12.3. The van der Waals surface area contributed by atoms with Gasteiger partial charge in [0.05, 0.1) is 26.2 Å². The molecule has 5 nitrogen and oxygen atoms in total. The number of carbonyl (C=O) groups excluding carboxylic acids is 1. The SMILES string of the molecule is COc1ccc2cc([C@H](C)C(=O)OCCN3CCOCC3)ccc2c1. The van der Waals surface area contributed by atoms with Crippen molar-refractivity contribution in [2.24, 2.45) is 0 Å². The highest BCUT2D eigenvalue weighted by Gasteiger charge is 2.18. The predicted molar refractivity (Wildman–Crippen MR) is 97.1 cm³/mol. The fourth-order valence-electron chi connectivity index (χ4n) is 3.00. The van der Waals surface area contributed by atoms with Crippen molar-refractivity contribution in [1.82, 2.24) is 4.90 Å². The van der Waals surface area contributed by atoms with E-state index in [0.717, 1.165) is 54.9 Å². The quantitative estimate of drug-likeness (QED) is 0.755. The number of methoxy groups -OCH3 is 1. The maximum Gasteiger partial charge on any atom is 0.313 e. The number of morpholine rings is 1. The highest BCUT2D eigenvalue weighted by Crippen LogP contribution is 2.25. The van der Waals surface area contributed by atoms with Gasteiger partial charge >= 0.3 is 5.97 Å². The molecule has 0 amide bonds. The van der Waals surface area contributed by atoms with Crippen molar-refractivity contribution in [1.29, 1.82) is 0 Å². The normalized spacial score (nSPS) is 16.6. The van der Waals surface area contributed by atoms with Crippen LogP contribution >= 0.6 is 0 Å². The average molecular weight is 343 g/mol. The second-order valence-electron chi connectivity index (χ2n) is 6.32. The summed E-state index contributed by atoms with van der Waals surface area (Å²) in [5, 5.41) is 2.18. The van der Waals surface area contributed by atoms with Crippen molar-refractivity contribution in [3.63, 3.8) is 0 Å². The number of ether oxygens (including phenoxy) is 3. The van der Waals surface area contributed by atoms with Crippen LogP contribution in [0, 0.1) is 0 Å². The lowest BCUT2D eigenvalue weighted by Crippen LogP contribution is -2.38. The van der Waals surface area contributed by atoms with E-state index < -0.39 is 0 Å². The van der Waals surface area contributed by atoms with Gasteiger partial charge in [0, 0.05) is 19.6 Å². The number of nitrogens with zero attached hydrogens (tertiary/aromatic N) is 1. The van der Waals surface area contributed by atoms with Crippen LogP contribution in [0.2, 0.25) is 0 Å². The Bertz CT molecular complexity index is 725. The maximum atomic E-state index is 12.3. The second-order valence-corrected chi connectivity index (χ2v) is 6.32. The molecular weight excluding hydrogens is 318 g/mol. The number of esters is 1. The van der Waals surface area contributed by atoms with E-state index in [9.17, 15) is 4.79 Å². The van der Waals surface area contributed by atoms with Crippen molar-refractivity contribution in [3.8, 4) is 5.75 Å². The Kier molecular flexibility index (Phi) is 5.89. The molecule has 2 aromatic carbocycles. The number of fused-ring (bicyclic) bond motifs is 1. The Morgan fingerprint density at radius 1 is 1.16 bits per heavy atom. The zero-order valence-corrected chi connectivity index (χ0v) is 14.9. The molecule has 0 aromatic heterocycles. The third-order valence-electron chi connectivity index (χ3n) is 4.68. The summed E-state index contributed by atoms with van der Waals surface area (Å²) in [7, 11) is 1.66. The third-order valence-corrected chi connectivity index (χ3v) is 4.68. The highest BCUT2D eigenvalue weighted by atomic mass is 16.5. The van der Waals surface area contributed by atoms with Gasteiger partial charge in [0.2, 0.25) is 0 Å². The number of hydrogen-bond acceptors (Lipinski definition) is 5. The van der Waals surface area contributed by atoms with Crippen LogP contribution in [0.3, 0.4) is 0 Å². The zero-order valence-electron chi connectivity index (χ0n) is 14.9. The summed E-state index contributed by atoms with van der Waals surface area (Å²) < 4.78 is 16.0. The summed E-state index contributed by atoms with van der Waals surface area (Å²) in [6.07, 6.45) is 0. The summed E-state index contributed by atoms with van der Waals surface area (Å²) in [6, 6.07) is 12.0. The van der Waals surface area contributed by atoms with Gasteiger partial charge in [-0.05, 0) is 35.4 Å². The molecule has 0 radical (unpaired) electrons. The van der Waals surface area contributed by atoms with E-state index in [4.69, 9.17) is 14.2 Å². The van der Waals surface area contributed by atoms with Crippen molar-refractivity contribution < 1.29 is 19.0 Å². The predicted octanol–water partition coefficient (Wildman–Crippen LogP) is 2.83. The first-order valence-electron chi connectivity index (χ1n) is 8.72. The highest BCUT2D eigenvalue weighted by molar-refractivity contribution is 5.86. The lowest BCUT2D eigenvalue weighted by Gasteiger charge is -2.26. The van der Waals surface area contributed by atoms with Gasteiger partial charge < -0.3 is 14.2 Å². The smallest absolute Gasteiger partial charge is 0.313 e. The fourth-order valence-corrected chi connectivity index (χ4v) is 3.00. The second kappa shape index (κ2) is 8.32. The Balaban J connectivity index is 1.58. The summed E-state index contributed by atoms with van der Waals surface area (Å²) in [6.45, 7) is 6.40. The van der Waals surface area contributed by atoms with Crippen LogP contribution in [0.1, 0.15) is 18.4 Å². The largest absolute Gasteiger partial charge is 0.497 e. The molecule has 0 aliphatic carbocycles. The van der Waals surface area contributed by atoms with Crippen LogP contribution in [-0.2, 0) is 14.3 Å². The molecule has 0 unspecified atom stereocenters. The van der Waals surface area contributed by atoms with Gasteiger partial charge in [0.15, 0.2) is 0 Å². The van der Waals surface area contributed by atoms with E-state index in [2.05, 4.69) is 4.90 Å². The summed E-state index contributed by atoms with van der Waals surface area (Å²) in [5.41, 5.74) is 0.967. The Morgan fingerprint density at radius 3 is 2.64 bits per heavy atom. The first-order chi connectivity index (χ1) is 12.2. The van der Waals surface area contributed by atoms with E-state index in [-0.39, 0.29) is 11.9 Å². The molecule has 25 heavy (non-hydrogen) atoms. The summed E-state index contributed by atoms with van der Waals surface area (Å²) >= 11 is 0. The van der Waals surface area contributed by atoms with Crippen LogP contribution in [0.15, 0.2) is 36.4 Å². The molecule has 0 N–H and O–H groups in total. The van der Waals surface area contributed by atoms with Gasteiger partial charge in [0.1, 0.15) is 12.4 Å². The van der Waals surface area contributed by atoms with E-state index >= 15 is 0 Å². The summed E-state index contributed by atoms with van der Waals surface area (Å²) in [4.78, 5) is 14.6. The van der Waals surface area contributed by atoms with E-state index in [1.54, 1.807) is 7.11 Å². The number of carbonyl (C=O) groups is 1. The topological polar surface area (TPSA) is 48.0 Å². The first-order valence-corrected chi connectivity index (χ1v) is 8.72. The third kappa shape index (κ3) is 4.50. The van der Waals surface area contributed by atoms with Crippen molar-refractivity contribution in [2.45, 2.75) is 12.8 Å². The Hall–Kier alpha value is -2.11. The molecule has 1 atom stereocenters. The van der Waals surface area contributed by atoms with Crippen molar-refractivity contribution in [2.75, 3.05) is 46.6 Å². The number of rotatable bonds is 6. The van der Waals surface area contributed by atoms with Crippen molar-refractivity contribution in [3.05, 3.63) is 42.0 Å². The van der Waals surface area contributed by atoms with Gasteiger partial charge in [-0.1, -0.05) is 24.3 Å². The van der Waals surface area contributed by atoms with Gasteiger partial charge in [-0.25, -0.2) is 0 Å². The molecule has 134 valence electrons. The standard InChI is InChI=1S/C20H25NO4/c1-15(20(22)25-12-9-21-7-10-24-11-8-21)16-3-4-18-14-19(23-2)6-5-17(18)13-16/h3-6,13-15H,7-12H2,1-2H3/t15-/m0/s1. The number of hydrogen-bond donors (Lipinski definition) is 0. The minimum absolute atomic E-state index is 0.180. The van der Waals surface area contributed by atoms with E-state index in [1.807, 2.05) is 43.3 Å². The Morgan fingerprint density at radius 2 is 1.88 bits per heavy atom. The van der Waals surface area contributed by atoms with Crippen LogP contribution in [-0.4, -0.2) is 57.4 Å². The molecule has 0 spiro atoms. The van der Waals surface area contributed by atoms with Crippen molar-refractivity contribution >= 4 is 16.7 Å². The van der Waals surface area contributed by atoms with Crippen LogP contribution < -0.4 is 4.74 Å². The molecule has 1 aliphatic rings. The monoisotopic (exact) mass is 343 g/mol. The average Bonchev–Trinajstić information content (AvgIpc) is 2.67. The molecular formula is C20H25NO4. The number of benzene rings is 2. The van der Waals surface area contributed by atoms with Crippen LogP contribution in [0.5, 0.6) is 5.75 Å². The minimum atomic E-state index is -0.281. The summed E-state index contributed by atoms with van der Waals surface area (Å²) in [5.74, 6) is 0.369.